The average molecular weight is 558 g/mol. The molecule has 0 atom stereocenters. The summed E-state index contributed by atoms with van der Waals surface area (Å²) in [6.07, 6.45) is 3.26. The molecule has 0 aliphatic rings. The summed E-state index contributed by atoms with van der Waals surface area (Å²) in [6, 6.07) is 25.4. The van der Waals surface area contributed by atoms with Crippen LogP contribution in [0.3, 0.4) is 0 Å². The SMILES string of the molecule is O=C(CSc1nc2ccc(N=Cc3ccc(Sc4ccccn4)c([N+](=O)[O-])c3)cc2s1)Nc1ccccc1. The van der Waals surface area contributed by atoms with Crippen molar-refractivity contribution in [1.82, 2.24) is 9.97 Å². The second-order valence-corrected chi connectivity index (χ2v) is 11.2. The highest BCUT2D eigenvalue weighted by atomic mass is 32.2. The summed E-state index contributed by atoms with van der Waals surface area (Å²) in [5.74, 6) is 0.164. The Labute approximate surface area is 230 Å². The van der Waals surface area contributed by atoms with Crippen molar-refractivity contribution in [1.29, 1.82) is 0 Å². The molecule has 11 heteroatoms. The number of thioether (sulfide) groups is 1. The molecule has 0 saturated heterocycles. The smallest absolute Gasteiger partial charge is 0.283 e. The summed E-state index contributed by atoms with van der Waals surface area (Å²) >= 11 is 4.12. The Kier molecular flexibility index (Phi) is 8.07. The molecular weight excluding hydrogens is 539 g/mol. The van der Waals surface area contributed by atoms with E-state index in [1.807, 2.05) is 60.7 Å². The number of anilines is 1. The van der Waals surface area contributed by atoms with Crippen LogP contribution in [0.25, 0.3) is 10.2 Å². The Morgan fingerprint density at radius 1 is 1.05 bits per heavy atom. The number of carbonyl (C=O) groups is 1. The Balaban J connectivity index is 1.26. The fourth-order valence-electron chi connectivity index (χ4n) is 3.39. The van der Waals surface area contributed by atoms with Crippen molar-refractivity contribution in [3.8, 4) is 0 Å². The van der Waals surface area contributed by atoms with E-state index in [1.54, 1.807) is 30.6 Å². The van der Waals surface area contributed by atoms with Gasteiger partial charge in [-0.1, -0.05) is 53.9 Å². The number of rotatable bonds is 9. The first-order chi connectivity index (χ1) is 18.5. The van der Waals surface area contributed by atoms with Crippen molar-refractivity contribution in [3.05, 3.63) is 107 Å². The average Bonchev–Trinajstić information content (AvgIpc) is 3.35. The van der Waals surface area contributed by atoms with Crippen molar-refractivity contribution in [2.24, 2.45) is 4.99 Å². The topological polar surface area (TPSA) is 110 Å². The van der Waals surface area contributed by atoms with Crippen molar-refractivity contribution < 1.29 is 9.72 Å². The van der Waals surface area contributed by atoms with Crippen LogP contribution in [0.15, 0.2) is 110 Å². The van der Waals surface area contributed by atoms with Crippen LogP contribution in [-0.4, -0.2) is 32.8 Å². The van der Waals surface area contributed by atoms with E-state index in [4.69, 9.17) is 0 Å². The lowest BCUT2D eigenvalue weighted by Gasteiger charge is -2.03. The number of nitrogens with one attached hydrogen (secondary N) is 1. The van der Waals surface area contributed by atoms with E-state index in [0.29, 0.717) is 21.2 Å². The normalized spacial score (nSPS) is 11.2. The van der Waals surface area contributed by atoms with E-state index in [0.717, 1.165) is 20.2 Å². The molecule has 38 heavy (non-hydrogen) atoms. The lowest BCUT2D eigenvalue weighted by molar-refractivity contribution is -0.387. The molecule has 5 aromatic rings. The highest BCUT2D eigenvalue weighted by Gasteiger charge is 2.16. The number of para-hydroxylation sites is 1. The third kappa shape index (κ3) is 6.62. The van der Waals surface area contributed by atoms with Gasteiger partial charge < -0.3 is 5.32 Å². The number of nitro benzene ring substituents is 1. The standard InChI is InChI=1S/C27H19N5O3S3/c33-25(30-19-6-2-1-3-7-19)17-36-27-31-21-11-10-20(15-24(21)38-27)29-16-18-9-12-23(22(14-18)32(34)35)37-26-8-4-5-13-28-26/h1-16H,17H2,(H,30,33). The quantitative estimate of drug-likeness (QED) is 0.0881. The van der Waals surface area contributed by atoms with Gasteiger partial charge in [0.2, 0.25) is 5.91 Å². The summed E-state index contributed by atoms with van der Waals surface area (Å²) in [6.45, 7) is 0. The first kappa shape index (κ1) is 25.6. The summed E-state index contributed by atoms with van der Waals surface area (Å²) in [5.41, 5.74) is 2.91. The third-order valence-electron chi connectivity index (χ3n) is 5.13. The number of hydrogen-bond donors (Lipinski definition) is 1. The highest BCUT2D eigenvalue weighted by Crippen LogP contribution is 2.35. The number of benzene rings is 3. The highest BCUT2D eigenvalue weighted by molar-refractivity contribution is 8.01. The van der Waals surface area contributed by atoms with Gasteiger partial charge in [-0.3, -0.25) is 19.9 Å². The van der Waals surface area contributed by atoms with Gasteiger partial charge in [0.1, 0.15) is 5.03 Å². The maximum atomic E-state index is 12.2. The molecule has 8 nitrogen and oxygen atoms in total. The van der Waals surface area contributed by atoms with E-state index < -0.39 is 4.92 Å². The molecule has 0 bridgehead atoms. The van der Waals surface area contributed by atoms with Crippen LogP contribution in [0.1, 0.15) is 5.56 Å². The molecular formula is C27H19N5O3S3. The molecule has 0 saturated carbocycles. The van der Waals surface area contributed by atoms with Crippen LogP contribution < -0.4 is 5.32 Å². The van der Waals surface area contributed by atoms with Crippen molar-refractivity contribution in [3.63, 3.8) is 0 Å². The monoisotopic (exact) mass is 557 g/mol. The number of pyridine rings is 1. The number of carbonyl (C=O) groups excluding carboxylic acids is 1. The molecule has 0 aliphatic carbocycles. The number of hydrogen-bond acceptors (Lipinski definition) is 9. The summed E-state index contributed by atoms with van der Waals surface area (Å²) in [4.78, 5) is 37.3. The molecule has 2 aromatic heterocycles. The first-order valence-electron chi connectivity index (χ1n) is 11.3. The number of aromatic nitrogens is 2. The van der Waals surface area contributed by atoms with Crippen LogP contribution in [0, 0.1) is 10.1 Å². The van der Waals surface area contributed by atoms with E-state index in [2.05, 4.69) is 20.3 Å². The lowest BCUT2D eigenvalue weighted by Crippen LogP contribution is -2.13. The maximum Gasteiger partial charge on any atom is 0.283 e. The lowest BCUT2D eigenvalue weighted by atomic mass is 10.2. The van der Waals surface area contributed by atoms with Crippen LogP contribution >= 0.6 is 34.9 Å². The van der Waals surface area contributed by atoms with Gasteiger partial charge in [0.25, 0.3) is 5.69 Å². The summed E-state index contributed by atoms with van der Waals surface area (Å²) < 4.78 is 1.74. The summed E-state index contributed by atoms with van der Waals surface area (Å²) in [5, 5.41) is 15.2. The summed E-state index contributed by atoms with van der Waals surface area (Å²) in [7, 11) is 0. The second-order valence-electron chi connectivity index (χ2n) is 7.85. The Morgan fingerprint density at radius 3 is 2.68 bits per heavy atom. The Morgan fingerprint density at radius 2 is 1.89 bits per heavy atom. The number of aliphatic imine (C=N–C) groups is 1. The molecule has 2 heterocycles. The van der Waals surface area contributed by atoms with Gasteiger partial charge in [0, 0.05) is 24.2 Å². The predicted molar refractivity (Wildman–Crippen MR) is 154 cm³/mol. The third-order valence-corrected chi connectivity index (χ3v) is 8.31. The van der Waals surface area contributed by atoms with Crippen LogP contribution in [0.4, 0.5) is 17.1 Å². The number of thiazole rings is 1. The van der Waals surface area contributed by atoms with Crippen LogP contribution in [0.5, 0.6) is 0 Å². The van der Waals surface area contributed by atoms with Crippen LogP contribution in [-0.2, 0) is 4.79 Å². The van der Waals surface area contributed by atoms with Gasteiger partial charge in [-0.15, -0.1) is 11.3 Å². The number of amides is 1. The molecule has 5 rings (SSSR count). The zero-order valence-corrected chi connectivity index (χ0v) is 22.1. The van der Waals surface area contributed by atoms with Gasteiger partial charge in [-0.25, -0.2) is 9.97 Å². The van der Waals surface area contributed by atoms with Crippen molar-refractivity contribution in [2.75, 3.05) is 11.1 Å². The second kappa shape index (κ2) is 12.0. The molecule has 0 unspecified atom stereocenters. The molecule has 0 aliphatic heterocycles. The zero-order chi connectivity index (χ0) is 26.3. The molecule has 0 spiro atoms. The van der Waals surface area contributed by atoms with E-state index in [1.165, 1.54) is 40.9 Å². The van der Waals surface area contributed by atoms with E-state index >= 15 is 0 Å². The fourth-order valence-corrected chi connectivity index (χ4v) is 6.15. The van der Waals surface area contributed by atoms with Gasteiger partial charge in [-0.2, -0.15) is 0 Å². The first-order valence-corrected chi connectivity index (χ1v) is 13.9. The Bertz CT molecular complexity index is 1630. The number of nitro groups is 1. The van der Waals surface area contributed by atoms with Crippen LogP contribution in [0.2, 0.25) is 0 Å². The predicted octanol–water partition coefficient (Wildman–Crippen LogP) is 7.23. The molecule has 3 aromatic carbocycles. The molecule has 1 amide bonds. The van der Waals surface area contributed by atoms with Gasteiger partial charge >= 0.3 is 0 Å². The molecule has 0 radical (unpaired) electrons. The minimum Gasteiger partial charge on any atom is -0.325 e. The molecule has 0 fully saturated rings. The van der Waals surface area contributed by atoms with Gasteiger partial charge in [-0.05, 0) is 54.1 Å². The van der Waals surface area contributed by atoms with Gasteiger partial charge in [0.05, 0.1) is 31.5 Å². The molecule has 188 valence electrons. The van der Waals surface area contributed by atoms with E-state index in [-0.39, 0.29) is 17.3 Å². The number of fused-ring (bicyclic) bond motifs is 1. The van der Waals surface area contributed by atoms with Gasteiger partial charge in [0.15, 0.2) is 4.34 Å². The minimum absolute atomic E-state index is 0.000444. The zero-order valence-electron chi connectivity index (χ0n) is 19.7. The van der Waals surface area contributed by atoms with Crippen molar-refractivity contribution >= 4 is 74.3 Å². The van der Waals surface area contributed by atoms with E-state index in [9.17, 15) is 14.9 Å². The molecule has 1 N–H and O–H groups in total. The minimum atomic E-state index is -0.398. The Hall–Kier alpha value is -4.06. The number of nitrogens with zero attached hydrogens (tertiary/aromatic N) is 4. The maximum absolute atomic E-state index is 12.2. The fraction of sp³-hybridized carbons (Fsp3) is 0.0370. The van der Waals surface area contributed by atoms with Crippen molar-refractivity contribution in [2.45, 2.75) is 14.3 Å². The largest absolute Gasteiger partial charge is 0.325 e.